The molecule has 3 rings (SSSR count). The summed E-state index contributed by atoms with van der Waals surface area (Å²) in [6, 6.07) is 16.4. The monoisotopic (exact) mass is 535 g/mol. The number of aromatic nitrogens is 2. The van der Waals surface area contributed by atoms with Crippen LogP contribution in [0.15, 0.2) is 65.8 Å². The van der Waals surface area contributed by atoms with Crippen molar-refractivity contribution in [2.24, 2.45) is 4.99 Å². The Bertz CT molecular complexity index is 990. The fourth-order valence-corrected chi connectivity index (χ4v) is 2.97. The minimum atomic E-state index is -0.410. The number of nitrogens with one attached hydrogen (secondary N) is 3. The standard InChI is InChI=1S/C21H25N7O2.HI/c1-22-21(24-13-12-23-17-8-10-18(11-9-17)28(29)30)27(2)15-20-25-14-19(26-20)16-6-4-3-5-7-16;/h3-11,14,23H,12-13,15H2,1-2H3,(H,22,24)(H,25,26);1H. The molecular weight excluding hydrogens is 509 g/mol. The summed E-state index contributed by atoms with van der Waals surface area (Å²) in [7, 11) is 3.68. The number of nitro benzene ring substituents is 1. The van der Waals surface area contributed by atoms with Gasteiger partial charge in [0.25, 0.3) is 5.69 Å². The third-order valence-corrected chi connectivity index (χ3v) is 4.49. The first kappa shape index (κ1) is 24.1. The first-order chi connectivity index (χ1) is 14.6. The Morgan fingerprint density at radius 2 is 1.87 bits per heavy atom. The van der Waals surface area contributed by atoms with E-state index in [2.05, 4.69) is 25.6 Å². The van der Waals surface area contributed by atoms with E-state index in [0.717, 1.165) is 28.7 Å². The number of aromatic amines is 1. The zero-order chi connectivity index (χ0) is 21.3. The fourth-order valence-electron chi connectivity index (χ4n) is 2.97. The van der Waals surface area contributed by atoms with Crippen molar-refractivity contribution in [3.05, 3.63) is 76.7 Å². The molecule has 0 amide bonds. The summed E-state index contributed by atoms with van der Waals surface area (Å²) in [4.78, 5) is 24.4. The number of hydrogen-bond donors (Lipinski definition) is 3. The van der Waals surface area contributed by atoms with Gasteiger partial charge in [-0.1, -0.05) is 30.3 Å². The maximum Gasteiger partial charge on any atom is 0.269 e. The van der Waals surface area contributed by atoms with Gasteiger partial charge in [0.2, 0.25) is 0 Å². The molecule has 10 heteroatoms. The number of nitro groups is 1. The van der Waals surface area contributed by atoms with Gasteiger partial charge >= 0.3 is 0 Å². The molecule has 2 aromatic carbocycles. The SMILES string of the molecule is CN=C(NCCNc1ccc([N+](=O)[O-])cc1)N(C)Cc1ncc(-c2ccccc2)[nH]1.I. The highest BCUT2D eigenvalue weighted by Gasteiger charge is 2.10. The van der Waals surface area contributed by atoms with E-state index < -0.39 is 4.92 Å². The molecule has 3 N–H and O–H groups in total. The van der Waals surface area contributed by atoms with Crippen LogP contribution in [0.25, 0.3) is 11.3 Å². The molecule has 0 saturated heterocycles. The van der Waals surface area contributed by atoms with Gasteiger partial charge in [-0.3, -0.25) is 15.1 Å². The van der Waals surface area contributed by atoms with Crippen LogP contribution in [-0.2, 0) is 6.54 Å². The van der Waals surface area contributed by atoms with E-state index in [-0.39, 0.29) is 29.7 Å². The third kappa shape index (κ3) is 6.95. The molecule has 9 nitrogen and oxygen atoms in total. The summed E-state index contributed by atoms with van der Waals surface area (Å²) in [5.41, 5.74) is 2.98. The summed E-state index contributed by atoms with van der Waals surface area (Å²) < 4.78 is 0. The van der Waals surface area contributed by atoms with Gasteiger partial charge in [-0.05, 0) is 17.7 Å². The van der Waals surface area contributed by atoms with Gasteiger partial charge in [0.05, 0.1) is 23.4 Å². The van der Waals surface area contributed by atoms with Crippen molar-refractivity contribution in [2.45, 2.75) is 6.54 Å². The van der Waals surface area contributed by atoms with Crippen molar-refractivity contribution in [1.82, 2.24) is 20.2 Å². The van der Waals surface area contributed by atoms with Crippen LogP contribution in [0.5, 0.6) is 0 Å². The second kappa shape index (κ2) is 11.9. The zero-order valence-electron chi connectivity index (χ0n) is 17.4. The average Bonchev–Trinajstić information content (AvgIpc) is 3.23. The van der Waals surface area contributed by atoms with E-state index in [1.165, 1.54) is 12.1 Å². The summed E-state index contributed by atoms with van der Waals surface area (Å²) in [6.07, 6.45) is 1.84. The number of rotatable bonds is 8. The van der Waals surface area contributed by atoms with E-state index >= 15 is 0 Å². The molecule has 0 atom stereocenters. The predicted octanol–water partition coefficient (Wildman–Crippen LogP) is 3.72. The van der Waals surface area contributed by atoms with Gasteiger partial charge in [-0.2, -0.15) is 0 Å². The molecule has 0 radical (unpaired) electrons. The molecule has 0 unspecified atom stereocenters. The van der Waals surface area contributed by atoms with E-state index in [1.807, 2.05) is 48.5 Å². The number of benzene rings is 2. The second-order valence-electron chi connectivity index (χ2n) is 6.67. The van der Waals surface area contributed by atoms with Crippen molar-refractivity contribution in [3.8, 4) is 11.3 Å². The lowest BCUT2D eigenvalue weighted by Crippen LogP contribution is -2.40. The van der Waals surface area contributed by atoms with Crippen molar-refractivity contribution in [2.75, 3.05) is 32.5 Å². The van der Waals surface area contributed by atoms with E-state index in [4.69, 9.17) is 0 Å². The molecule has 0 spiro atoms. The molecule has 3 aromatic rings. The maximum absolute atomic E-state index is 10.7. The Kier molecular flexibility index (Phi) is 9.25. The lowest BCUT2D eigenvalue weighted by Gasteiger charge is -2.21. The highest BCUT2D eigenvalue weighted by atomic mass is 127. The summed E-state index contributed by atoms with van der Waals surface area (Å²) in [6.45, 7) is 1.87. The molecule has 1 heterocycles. The van der Waals surface area contributed by atoms with Crippen LogP contribution in [-0.4, -0.2) is 52.9 Å². The Balaban J connectivity index is 0.00000341. The number of imidazole rings is 1. The molecule has 1 aromatic heterocycles. The highest BCUT2D eigenvalue weighted by Crippen LogP contribution is 2.17. The number of nitrogens with zero attached hydrogens (tertiary/aromatic N) is 4. The molecule has 0 fully saturated rings. The average molecular weight is 535 g/mol. The van der Waals surface area contributed by atoms with Crippen LogP contribution >= 0.6 is 24.0 Å². The number of hydrogen-bond acceptors (Lipinski definition) is 5. The van der Waals surface area contributed by atoms with Crippen LogP contribution in [0.2, 0.25) is 0 Å². The van der Waals surface area contributed by atoms with Gasteiger partial charge in [-0.25, -0.2) is 4.98 Å². The Labute approximate surface area is 198 Å². The van der Waals surface area contributed by atoms with Gasteiger partial charge in [0.1, 0.15) is 5.82 Å². The van der Waals surface area contributed by atoms with Crippen molar-refractivity contribution < 1.29 is 4.92 Å². The first-order valence-electron chi connectivity index (χ1n) is 9.56. The Hall–Kier alpha value is -3.15. The molecular formula is C21H26IN7O2. The molecule has 164 valence electrons. The minimum Gasteiger partial charge on any atom is -0.383 e. The number of H-pyrrole nitrogens is 1. The lowest BCUT2D eigenvalue weighted by molar-refractivity contribution is -0.384. The molecule has 0 bridgehead atoms. The number of halogens is 1. The lowest BCUT2D eigenvalue weighted by atomic mass is 10.2. The Morgan fingerprint density at radius 1 is 1.16 bits per heavy atom. The quantitative estimate of drug-likeness (QED) is 0.101. The largest absolute Gasteiger partial charge is 0.383 e. The molecule has 0 aliphatic carbocycles. The summed E-state index contributed by atoms with van der Waals surface area (Å²) in [5.74, 6) is 1.60. The fraction of sp³-hybridized carbons (Fsp3) is 0.238. The van der Waals surface area contributed by atoms with Gasteiger partial charge in [0.15, 0.2) is 5.96 Å². The van der Waals surface area contributed by atoms with E-state index in [9.17, 15) is 10.1 Å². The van der Waals surface area contributed by atoms with E-state index in [0.29, 0.717) is 19.6 Å². The first-order valence-corrected chi connectivity index (χ1v) is 9.56. The molecule has 0 saturated carbocycles. The normalized spacial score (nSPS) is 10.8. The van der Waals surface area contributed by atoms with Crippen molar-refractivity contribution in [3.63, 3.8) is 0 Å². The van der Waals surface area contributed by atoms with Gasteiger partial charge in [-0.15, -0.1) is 24.0 Å². The number of aliphatic imine (C=N–C) groups is 1. The summed E-state index contributed by atoms with van der Waals surface area (Å²) in [5, 5.41) is 17.2. The number of non-ortho nitro benzene ring substituents is 1. The van der Waals surface area contributed by atoms with Crippen LogP contribution < -0.4 is 10.6 Å². The topological polar surface area (TPSA) is 111 Å². The minimum absolute atomic E-state index is 0. The molecule has 31 heavy (non-hydrogen) atoms. The Morgan fingerprint density at radius 3 is 2.52 bits per heavy atom. The highest BCUT2D eigenvalue weighted by molar-refractivity contribution is 14.0. The van der Waals surface area contributed by atoms with Crippen molar-refractivity contribution >= 4 is 41.3 Å². The number of guanidine groups is 1. The predicted molar refractivity (Wildman–Crippen MR) is 134 cm³/mol. The molecule has 0 aliphatic heterocycles. The van der Waals surface area contributed by atoms with Gasteiger partial charge in [0, 0.05) is 45.0 Å². The van der Waals surface area contributed by atoms with Crippen molar-refractivity contribution in [1.29, 1.82) is 0 Å². The zero-order valence-corrected chi connectivity index (χ0v) is 19.7. The summed E-state index contributed by atoms with van der Waals surface area (Å²) >= 11 is 0. The van der Waals surface area contributed by atoms with Gasteiger partial charge < -0.3 is 20.5 Å². The number of anilines is 1. The van der Waals surface area contributed by atoms with Crippen LogP contribution in [0, 0.1) is 10.1 Å². The van der Waals surface area contributed by atoms with Crippen LogP contribution in [0.1, 0.15) is 5.82 Å². The third-order valence-electron chi connectivity index (χ3n) is 4.49. The molecule has 0 aliphatic rings. The maximum atomic E-state index is 10.7. The van der Waals surface area contributed by atoms with E-state index in [1.54, 1.807) is 19.2 Å². The second-order valence-corrected chi connectivity index (χ2v) is 6.67. The van der Waals surface area contributed by atoms with Crippen LogP contribution in [0.4, 0.5) is 11.4 Å². The van der Waals surface area contributed by atoms with Crippen LogP contribution in [0.3, 0.4) is 0 Å². The smallest absolute Gasteiger partial charge is 0.269 e.